The number of oxazole rings is 1. The predicted octanol–water partition coefficient (Wildman–Crippen LogP) is 4.55. The largest absolute Gasteiger partial charge is 0.434 e. The third-order valence-corrected chi connectivity index (χ3v) is 11.3. The molecule has 3 aliphatic rings. The number of carbonyl (C=O) groups is 3. The minimum absolute atomic E-state index is 0.0448. The summed E-state index contributed by atoms with van der Waals surface area (Å²) in [4.78, 5) is 49.0. The van der Waals surface area contributed by atoms with E-state index >= 15 is 0 Å². The number of rotatable bonds is 13. The molecule has 2 aromatic carbocycles. The fraction of sp³-hybridized carbons (Fsp3) is 0.568. The summed E-state index contributed by atoms with van der Waals surface area (Å²) < 4.78 is 33.5. The van der Waals surface area contributed by atoms with Gasteiger partial charge in [-0.05, 0) is 81.1 Å². The highest BCUT2D eigenvalue weighted by atomic mass is 32.2. The molecule has 3 aromatic rings. The number of benzene rings is 2. The monoisotopic (exact) mass is 691 g/mol. The van der Waals surface area contributed by atoms with Crippen LogP contribution in [-0.4, -0.2) is 79.9 Å². The number of carbonyl (C=O) groups excluding carboxylic acids is 3. The Bertz CT molecular complexity index is 1670. The zero-order chi connectivity index (χ0) is 34.4. The maximum absolute atomic E-state index is 14.6. The SMILES string of the molecule is CS(=O)(=O)N[C@H](CCC1CCNCC1)C(=O)N1CC[C@H](c2ccccc2)[C@H]1C(=O)N[C@@H](CC1CCCCC1)C(=O)c1nc2ccccc2o1. The summed E-state index contributed by atoms with van der Waals surface area (Å²) in [5.74, 6) is -0.947. The van der Waals surface area contributed by atoms with Crippen LogP contribution in [0.15, 0.2) is 59.0 Å². The van der Waals surface area contributed by atoms with Gasteiger partial charge in [0.1, 0.15) is 17.6 Å². The molecule has 0 radical (unpaired) electrons. The lowest BCUT2D eigenvalue weighted by Crippen LogP contribution is -2.56. The van der Waals surface area contributed by atoms with Crippen LogP contribution in [-0.2, 0) is 19.6 Å². The van der Waals surface area contributed by atoms with Crippen molar-refractivity contribution in [1.82, 2.24) is 25.2 Å². The molecule has 1 aliphatic carbocycles. The van der Waals surface area contributed by atoms with Gasteiger partial charge in [-0.15, -0.1) is 0 Å². The van der Waals surface area contributed by atoms with E-state index in [9.17, 15) is 22.8 Å². The highest BCUT2D eigenvalue weighted by molar-refractivity contribution is 7.88. The lowest BCUT2D eigenvalue weighted by atomic mass is 9.83. The van der Waals surface area contributed by atoms with Gasteiger partial charge in [0.2, 0.25) is 27.6 Å². The molecule has 0 unspecified atom stereocenters. The molecular formula is C37H49N5O6S. The van der Waals surface area contributed by atoms with E-state index in [0.29, 0.717) is 42.7 Å². The molecule has 6 rings (SSSR count). The number of amides is 2. The van der Waals surface area contributed by atoms with Gasteiger partial charge in [-0.3, -0.25) is 14.4 Å². The summed E-state index contributed by atoms with van der Waals surface area (Å²) in [6.45, 7) is 2.10. The molecule has 1 saturated carbocycles. The Hall–Kier alpha value is -3.61. The van der Waals surface area contributed by atoms with Crippen LogP contribution in [0.1, 0.15) is 92.8 Å². The fourth-order valence-electron chi connectivity index (χ4n) is 8.05. The molecule has 3 fully saturated rings. The number of ketones is 1. The third kappa shape index (κ3) is 8.95. The van der Waals surface area contributed by atoms with Gasteiger partial charge in [0.25, 0.3) is 5.89 Å². The molecule has 264 valence electrons. The second kappa shape index (κ2) is 15.9. The van der Waals surface area contributed by atoms with Gasteiger partial charge in [0, 0.05) is 12.5 Å². The number of para-hydroxylation sites is 2. The number of aromatic nitrogens is 1. The van der Waals surface area contributed by atoms with Crippen LogP contribution in [0.2, 0.25) is 0 Å². The average molecular weight is 692 g/mol. The molecular weight excluding hydrogens is 643 g/mol. The summed E-state index contributed by atoms with van der Waals surface area (Å²) in [6, 6.07) is 14.0. The molecule has 49 heavy (non-hydrogen) atoms. The molecule has 2 amide bonds. The zero-order valence-electron chi connectivity index (χ0n) is 28.3. The third-order valence-electron chi connectivity index (χ3n) is 10.6. The number of piperidine rings is 1. The van der Waals surface area contributed by atoms with Crippen LogP contribution < -0.4 is 15.4 Å². The predicted molar refractivity (Wildman–Crippen MR) is 187 cm³/mol. The van der Waals surface area contributed by atoms with Gasteiger partial charge in [-0.25, -0.2) is 18.1 Å². The number of hydrogen-bond acceptors (Lipinski definition) is 8. The summed E-state index contributed by atoms with van der Waals surface area (Å²) in [5.41, 5.74) is 1.98. The summed E-state index contributed by atoms with van der Waals surface area (Å²) >= 11 is 0. The van der Waals surface area contributed by atoms with Gasteiger partial charge in [0.15, 0.2) is 5.58 Å². The quantitative estimate of drug-likeness (QED) is 0.221. The Kier molecular flexibility index (Phi) is 11.5. The molecule has 1 aromatic heterocycles. The molecule has 4 atom stereocenters. The van der Waals surface area contributed by atoms with E-state index in [1.165, 1.54) is 0 Å². The van der Waals surface area contributed by atoms with E-state index in [1.54, 1.807) is 17.0 Å². The first kappa shape index (κ1) is 35.2. The molecule has 3 N–H and O–H groups in total. The highest BCUT2D eigenvalue weighted by Gasteiger charge is 2.46. The van der Waals surface area contributed by atoms with Crippen LogP contribution in [0.25, 0.3) is 11.1 Å². The Labute approximate surface area is 289 Å². The van der Waals surface area contributed by atoms with Crippen molar-refractivity contribution in [3.8, 4) is 0 Å². The molecule has 3 heterocycles. The van der Waals surface area contributed by atoms with E-state index < -0.39 is 40.0 Å². The van der Waals surface area contributed by atoms with E-state index in [4.69, 9.17) is 4.42 Å². The van der Waals surface area contributed by atoms with Crippen molar-refractivity contribution >= 4 is 38.7 Å². The van der Waals surface area contributed by atoms with Crippen molar-refractivity contribution in [3.63, 3.8) is 0 Å². The fourth-order valence-corrected chi connectivity index (χ4v) is 8.78. The van der Waals surface area contributed by atoms with Crippen molar-refractivity contribution in [1.29, 1.82) is 0 Å². The number of Topliss-reactive ketones (excluding diaryl/α,β-unsaturated/α-hetero) is 1. The van der Waals surface area contributed by atoms with E-state index in [-0.39, 0.29) is 30.1 Å². The number of sulfonamides is 1. The lowest BCUT2D eigenvalue weighted by molar-refractivity contribution is -0.140. The van der Waals surface area contributed by atoms with E-state index in [1.807, 2.05) is 42.5 Å². The standard InChI is InChI=1S/C37H49N5O6S/c1-49(46,47)41-30(17-16-25-18-21-38-22-19-25)37(45)42-23-20-28(27-12-6-3-7-13-27)33(42)35(44)39-31(24-26-10-4-2-5-11-26)34(43)36-40-29-14-8-9-15-32(29)48-36/h3,6-9,12-15,25-26,28,30-31,33,38,41H,2,4-5,10-11,16-24H2,1H3,(H,39,44)/t28-,30-,31+,33+/m1/s1. The Morgan fingerprint density at radius 3 is 2.35 bits per heavy atom. The topological polar surface area (TPSA) is 151 Å². The van der Waals surface area contributed by atoms with Gasteiger partial charge in [-0.1, -0.05) is 74.6 Å². The van der Waals surface area contributed by atoms with Crippen LogP contribution in [0.3, 0.4) is 0 Å². The van der Waals surface area contributed by atoms with Crippen molar-refractivity contribution in [3.05, 3.63) is 66.1 Å². The van der Waals surface area contributed by atoms with Crippen molar-refractivity contribution in [2.75, 3.05) is 25.9 Å². The van der Waals surface area contributed by atoms with Crippen molar-refractivity contribution in [2.24, 2.45) is 11.8 Å². The number of nitrogens with zero attached hydrogens (tertiary/aromatic N) is 2. The van der Waals surface area contributed by atoms with E-state index in [0.717, 1.165) is 69.9 Å². The maximum Gasteiger partial charge on any atom is 0.266 e. The van der Waals surface area contributed by atoms with Gasteiger partial charge in [0.05, 0.1) is 12.3 Å². The minimum atomic E-state index is -3.72. The number of fused-ring (bicyclic) bond motifs is 1. The molecule has 12 heteroatoms. The Morgan fingerprint density at radius 2 is 1.63 bits per heavy atom. The maximum atomic E-state index is 14.6. The highest BCUT2D eigenvalue weighted by Crippen LogP contribution is 2.36. The summed E-state index contributed by atoms with van der Waals surface area (Å²) in [6.07, 6.45) is 10.3. The molecule has 0 spiro atoms. The van der Waals surface area contributed by atoms with Crippen molar-refractivity contribution < 1.29 is 27.2 Å². The summed E-state index contributed by atoms with van der Waals surface area (Å²) in [5, 5.41) is 6.42. The van der Waals surface area contributed by atoms with Crippen LogP contribution in [0.4, 0.5) is 0 Å². The Balaban J connectivity index is 1.28. The first-order chi connectivity index (χ1) is 23.7. The lowest BCUT2D eigenvalue weighted by Gasteiger charge is -2.33. The normalized spacial score (nSPS) is 22.2. The van der Waals surface area contributed by atoms with Crippen LogP contribution in [0.5, 0.6) is 0 Å². The second-order valence-corrected chi connectivity index (χ2v) is 15.9. The average Bonchev–Trinajstić information content (AvgIpc) is 3.75. The first-order valence-corrected chi connectivity index (χ1v) is 19.8. The molecule has 2 aliphatic heterocycles. The smallest absolute Gasteiger partial charge is 0.266 e. The van der Waals surface area contributed by atoms with Crippen LogP contribution in [0, 0.1) is 11.8 Å². The number of hydrogen-bond donors (Lipinski definition) is 3. The molecule has 2 saturated heterocycles. The number of likely N-dealkylation sites (tertiary alicyclic amines) is 1. The van der Waals surface area contributed by atoms with Gasteiger partial charge in [-0.2, -0.15) is 0 Å². The minimum Gasteiger partial charge on any atom is -0.434 e. The van der Waals surface area contributed by atoms with Gasteiger partial charge >= 0.3 is 0 Å². The zero-order valence-corrected chi connectivity index (χ0v) is 29.1. The first-order valence-electron chi connectivity index (χ1n) is 17.9. The second-order valence-electron chi connectivity index (χ2n) is 14.1. The molecule has 0 bridgehead atoms. The molecule has 11 nitrogen and oxygen atoms in total. The van der Waals surface area contributed by atoms with Crippen molar-refractivity contribution in [2.45, 2.75) is 94.7 Å². The summed E-state index contributed by atoms with van der Waals surface area (Å²) in [7, 11) is -3.72. The Morgan fingerprint density at radius 1 is 0.918 bits per heavy atom. The van der Waals surface area contributed by atoms with Gasteiger partial charge < -0.3 is 20.0 Å². The van der Waals surface area contributed by atoms with E-state index in [2.05, 4.69) is 20.3 Å². The number of nitrogens with one attached hydrogen (secondary N) is 3. The van der Waals surface area contributed by atoms with Crippen LogP contribution >= 0.6 is 0 Å².